The van der Waals surface area contributed by atoms with Crippen molar-refractivity contribution in [1.29, 1.82) is 0 Å². The number of rotatable bonds is 2. The summed E-state index contributed by atoms with van der Waals surface area (Å²) in [6.07, 6.45) is 0. The molecule has 0 amide bonds. The largest absolute Gasteiger partial charge is 0.497 e. The van der Waals surface area contributed by atoms with Crippen LogP contribution in [-0.2, 0) is 0 Å². The Morgan fingerprint density at radius 1 is 0.933 bits per heavy atom. The molecular formula is C12H11IO2. The number of fused-ring (bicyclic) bond motifs is 1. The Bertz CT molecular complexity index is 494. The monoisotopic (exact) mass is 314 g/mol. The second-order valence-corrected chi connectivity index (χ2v) is 4.32. The lowest BCUT2D eigenvalue weighted by Crippen LogP contribution is -1.88. The van der Waals surface area contributed by atoms with Crippen LogP contribution in [0.15, 0.2) is 30.3 Å². The molecule has 0 heterocycles. The van der Waals surface area contributed by atoms with Crippen LogP contribution < -0.4 is 9.47 Å². The number of benzene rings is 2. The fourth-order valence-corrected chi connectivity index (χ4v) is 2.20. The number of hydrogen-bond donors (Lipinski definition) is 0. The summed E-state index contributed by atoms with van der Waals surface area (Å²) in [5.41, 5.74) is 0. The molecule has 0 spiro atoms. The molecule has 15 heavy (non-hydrogen) atoms. The number of methoxy groups -OCH3 is 2. The van der Waals surface area contributed by atoms with E-state index in [1.54, 1.807) is 14.2 Å². The van der Waals surface area contributed by atoms with Gasteiger partial charge in [0.2, 0.25) is 0 Å². The van der Waals surface area contributed by atoms with Crippen LogP contribution in [-0.4, -0.2) is 14.2 Å². The summed E-state index contributed by atoms with van der Waals surface area (Å²) in [7, 11) is 3.36. The van der Waals surface area contributed by atoms with Gasteiger partial charge in [-0.1, -0.05) is 0 Å². The first-order valence-corrected chi connectivity index (χ1v) is 5.64. The van der Waals surface area contributed by atoms with Gasteiger partial charge in [-0.2, -0.15) is 0 Å². The maximum atomic E-state index is 5.31. The predicted molar refractivity (Wildman–Crippen MR) is 69.8 cm³/mol. The first-order valence-electron chi connectivity index (χ1n) is 4.56. The van der Waals surface area contributed by atoms with Crippen molar-refractivity contribution in [2.45, 2.75) is 0 Å². The Labute approximate surface area is 102 Å². The average Bonchev–Trinajstić information content (AvgIpc) is 2.29. The molecule has 0 fully saturated rings. The van der Waals surface area contributed by atoms with Crippen molar-refractivity contribution in [3.63, 3.8) is 0 Å². The highest BCUT2D eigenvalue weighted by Gasteiger charge is 2.05. The smallest absolute Gasteiger partial charge is 0.126 e. The van der Waals surface area contributed by atoms with Crippen molar-refractivity contribution < 1.29 is 9.47 Å². The van der Waals surface area contributed by atoms with Gasteiger partial charge >= 0.3 is 0 Å². The molecule has 0 atom stereocenters. The second-order valence-electron chi connectivity index (χ2n) is 3.16. The summed E-state index contributed by atoms with van der Waals surface area (Å²) in [5.74, 6) is 1.77. The molecule has 0 bridgehead atoms. The third-order valence-electron chi connectivity index (χ3n) is 2.35. The lowest BCUT2D eigenvalue weighted by atomic mass is 10.1. The molecule has 3 heteroatoms. The topological polar surface area (TPSA) is 18.5 Å². The minimum Gasteiger partial charge on any atom is -0.497 e. The maximum absolute atomic E-state index is 5.31. The Hall–Kier alpha value is -0.970. The van der Waals surface area contributed by atoms with Crippen LogP contribution in [0.4, 0.5) is 0 Å². The van der Waals surface area contributed by atoms with Crippen LogP contribution >= 0.6 is 22.6 Å². The first kappa shape index (κ1) is 10.5. The zero-order valence-electron chi connectivity index (χ0n) is 8.58. The Kier molecular flexibility index (Phi) is 3.00. The van der Waals surface area contributed by atoms with Gasteiger partial charge in [-0.15, -0.1) is 0 Å². The van der Waals surface area contributed by atoms with E-state index in [0.717, 1.165) is 22.3 Å². The Morgan fingerprint density at radius 2 is 1.73 bits per heavy atom. The SMILES string of the molecule is COc1ccc2c(OC)ccc(I)c2c1. The molecule has 0 saturated heterocycles. The van der Waals surface area contributed by atoms with Crippen LogP contribution in [0, 0.1) is 3.57 Å². The lowest BCUT2D eigenvalue weighted by Gasteiger charge is -2.08. The van der Waals surface area contributed by atoms with E-state index in [-0.39, 0.29) is 0 Å². The molecule has 2 aromatic rings. The van der Waals surface area contributed by atoms with Gasteiger partial charge in [0.15, 0.2) is 0 Å². The van der Waals surface area contributed by atoms with E-state index in [1.807, 2.05) is 30.3 Å². The van der Waals surface area contributed by atoms with Gasteiger partial charge in [-0.05, 0) is 52.9 Å². The van der Waals surface area contributed by atoms with Crippen LogP contribution in [0.1, 0.15) is 0 Å². The van der Waals surface area contributed by atoms with E-state index in [1.165, 1.54) is 3.57 Å². The summed E-state index contributed by atoms with van der Waals surface area (Å²) >= 11 is 2.31. The van der Waals surface area contributed by atoms with Crippen LogP contribution in [0.25, 0.3) is 10.8 Å². The summed E-state index contributed by atoms with van der Waals surface area (Å²) in [6.45, 7) is 0. The van der Waals surface area contributed by atoms with E-state index < -0.39 is 0 Å². The van der Waals surface area contributed by atoms with E-state index in [9.17, 15) is 0 Å². The highest BCUT2D eigenvalue weighted by molar-refractivity contribution is 14.1. The van der Waals surface area contributed by atoms with Crippen LogP contribution in [0.5, 0.6) is 11.5 Å². The summed E-state index contributed by atoms with van der Waals surface area (Å²) in [5, 5.41) is 2.28. The zero-order valence-corrected chi connectivity index (χ0v) is 10.7. The van der Waals surface area contributed by atoms with Crippen LogP contribution in [0.3, 0.4) is 0 Å². The first-order chi connectivity index (χ1) is 7.26. The molecule has 0 radical (unpaired) electrons. The average molecular weight is 314 g/mol. The van der Waals surface area contributed by atoms with Gasteiger partial charge in [0.25, 0.3) is 0 Å². The molecule has 78 valence electrons. The molecule has 2 nitrogen and oxygen atoms in total. The van der Waals surface area contributed by atoms with Crippen molar-refractivity contribution in [3.05, 3.63) is 33.9 Å². The van der Waals surface area contributed by atoms with Crippen LogP contribution in [0.2, 0.25) is 0 Å². The third kappa shape index (κ3) is 1.88. The molecule has 2 rings (SSSR count). The van der Waals surface area contributed by atoms with Gasteiger partial charge in [-0.3, -0.25) is 0 Å². The highest BCUT2D eigenvalue weighted by atomic mass is 127. The van der Waals surface area contributed by atoms with Crippen molar-refractivity contribution in [2.24, 2.45) is 0 Å². The normalized spacial score (nSPS) is 10.3. The quantitative estimate of drug-likeness (QED) is 0.791. The third-order valence-corrected chi connectivity index (χ3v) is 3.29. The minimum atomic E-state index is 0.869. The summed E-state index contributed by atoms with van der Waals surface area (Å²) in [6, 6.07) is 10.0. The molecular weight excluding hydrogens is 303 g/mol. The summed E-state index contributed by atoms with van der Waals surface area (Å²) < 4.78 is 11.7. The van der Waals surface area contributed by atoms with Gasteiger partial charge < -0.3 is 9.47 Å². The predicted octanol–water partition coefficient (Wildman–Crippen LogP) is 3.46. The number of halogens is 1. The zero-order chi connectivity index (χ0) is 10.8. The van der Waals surface area contributed by atoms with Gasteiger partial charge in [0, 0.05) is 14.3 Å². The number of ether oxygens (including phenoxy) is 2. The molecule has 0 unspecified atom stereocenters. The van der Waals surface area contributed by atoms with E-state index in [0.29, 0.717) is 0 Å². The van der Waals surface area contributed by atoms with Gasteiger partial charge in [0.05, 0.1) is 14.2 Å². The van der Waals surface area contributed by atoms with Gasteiger partial charge in [-0.25, -0.2) is 0 Å². The maximum Gasteiger partial charge on any atom is 0.126 e. The fourth-order valence-electron chi connectivity index (χ4n) is 1.57. The van der Waals surface area contributed by atoms with Crippen molar-refractivity contribution in [2.75, 3.05) is 14.2 Å². The molecule has 2 aromatic carbocycles. The van der Waals surface area contributed by atoms with Gasteiger partial charge in [0.1, 0.15) is 11.5 Å². The fraction of sp³-hybridized carbons (Fsp3) is 0.167. The highest BCUT2D eigenvalue weighted by Crippen LogP contribution is 2.31. The Balaban J connectivity index is 2.75. The molecule has 0 saturated carbocycles. The molecule has 0 aliphatic heterocycles. The summed E-state index contributed by atoms with van der Waals surface area (Å²) in [4.78, 5) is 0. The number of hydrogen-bond acceptors (Lipinski definition) is 2. The molecule has 0 aliphatic rings. The molecule has 0 aromatic heterocycles. The minimum absolute atomic E-state index is 0.869. The van der Waals surface area contributed by atoms with Crippen molar-refractivity contribution >= 4 is 33.4 Å². The van der Waals surface area contributed by atoms with E-state index >= 15 is 0 Å². The lowest BCUT2D eigenvalue weighted by molar-refractivity contribution is 0.414. The second kappa shape index (κ2) is 4.26. The molecule has 0 aliphatic carbocycles. The van der Waals surface area contributed by atoms with Crippen molar-refractivity contribution in [1.82, 2.24) is 0 Å². The standard InChI is InChI=1S/C12H11IO2/c1-14-8-3-4-9-10(7-8)11(13)5-6-12(9)15-2/h3-7H,1-2H3. The molecule has 0 N–H and O–H groups in total. The Morgan fingerprint density at radius 3 is 2.40 bits per heavy atom. The van der Waals surface area contributed by atoms with E-state index in [2.05, 4.69) is 22.6 Å². The van der Waals surface area contributed by atoms with Crippen molar-refractivity contribution in [3.8, 4) is 11.5 Å². The van der Waals surface area contributed by atoms with E-state index in [4.69, 9.17) is 9.47 Å².